The number of nitrogens with zero attached hydrogens (tertiary/aromatic N) is 2. The van der Waals surface area contributed by atoms with Crippen LogP contribution in [0.2, 0.25) is 0 Å². The third-order valence-corrected chi connectivity index (χ3v) is 4.12. The van der Waals surface area contributed by atoms with Crippen molar-refractivity contribution in [2.75, 3.05) is 6.54 Å². The molecule has 1 fully saturated rings. The molecule has 1 aromatic heterocycles. The Morgan fingerprint density at radius 2 is 2.14 bits per heavy atom. The van der Waals surface area contributed by atoms with Crippen LogP contribution in [0.4, 0.5) is 0 Å². The monoisotopic (exact) mass is 292 g/mol. The predicted octanol–water partition coefficient (Wildman–Crippen LogP) is 3.09. The first-order valence-electron chi connectivity index (χ1n) is 8.25. The first-order valence-corrected chi connectivity index (χ1v) is 8.25. The summed E-state index contributed by atoms with van der Waals surface area (Å²) in [6, 6.07) is 2.40. The average molecular weight is 292 g/mol. The van der Waals surface area contributed by atoms with Gasteiger partial charge in [-0.1, -0.05) is 24.9 Å². The second kappa shape index (κ2) is 8.70. The molecule has 5 nitrogen and oxygen atoms in total. The van der Waals surface area contributed by atoms with Gasteiger partial charge >= 0.3 is 0 Å². The molecule has 0 spiro atoms. The summed E-state index contributed by atoms with van der Waals surface area (Å²) >= 11 is 0. The largest absolute Gasteiger partial charge is 0.364 e. The van der Waals surface area contributed by atoms with Crippen LogP contribution in [0.5, 0.6) is 0 Å². The van der Waals surface area contributed by atoms with Crippen LogP contribution < -0.4 is 10.6 Å². The zero-order valence-electron chi connectivity index (χ0n) is 13.3. The highest BCUT2D eigenvalue weighted by Gasteiger charge is 2.21. The van der Waals surface area contributed by atoms with Gasteiger partial charge in [0, 0.05) is 18.7 Å². The van der Waals surface area contributed by atoms with Crippen LogP contribution in [0.15, 0.2) is 21.8 Å². The highest BCUT2D eigenvalue weighted by atomic mass is 16.5. The molecule has 1 aliphatic rings. The number of rotatable bonds is 6. The van der Waals surface area contributed by atoms with Crippen molar-refractivity contribution in [3.63, 3.8) is 0 Å². The summed E-state index contributed by atoms with van der Waals surface area (Å²) in [6.45, 7) is 5.79. The van der Waals surface area contributed by atoms with Gasteiger partial charge in [-0.3, -0.25) is 0 Å². The Hall–Kier alpha value is -1.52. The van der Waals surface area contributed by atoms with E-state index in [4.69, 9.17) is 4.52 Å². The van der Waals surface area contributed by atoms with Crippen LogP contribution in [-0.2, 0) is 6.54 Å². The second-order valence-corrected chi connectivity index (χ2v) is 5.84. The fraction of sp³-hybridized carbons (Fsp3) is 0.750. The lowest BCUT2D eigenvalue weighted by Crippen LogP contribution is -2.44. The third kappa shape index (κ3) is 5.40. The number of hydrogen-bond acceptors (Lipinski definition) is 3. The Bertz CT molecular complexity index is 408. The molecular formula is C16H28N4O. The van der Waals surface area contributed by atoms with Crippen molar-refractivity contribution in [2.45, 2.75) is 65.0 Å². The molecule has 1 aromatic rings. The molecule has 0 amide bonds. The molecule has 0 atom stereocenters. The van der Waals surface area contributed by atoms with E-state index in [1.807, 2.05) is 6.07 Å². The van der Waals surface area contributed by atoms with Gasteiger partial charge in [-0.15, -0.1) is 0 Å². The van der Waals surface area contributed by atoms with Crippen molar-refractivity contribution in [3.05, 3.63) is 18.0 Å². The molecule has 1 aliphatic carbocycles. The SMILES string of the molecule is CCCC1CCC(NC(=NCc2ccon2)NCC)CC1. The molecular weight excluding hydrogens is 264 g/mol. The van der Waals surface area contributed by atoms with E-state index in [0.29, 0.717) is 12.6 Å². The zero-order chi connectivity index (χ0) is 14.9. The Balaban J connectivity index is 1.81. The fourth-order valence-electron chi connectivity index (χ4n) is 3.00. The quantitative estimate of drug-likeness (QED) is 0.625. The van der Waals surface area contributed by atoms with E-state index in [0.717, 1.165) is 24.1 Å². The van der Waals surface area contributed by atoms with Gasteiger partial charge in [0.2, 0.25) is 0 Å². The molecule has 2 rings (SSSR count). The smallest absolute Gasteiger partial charge is 0.191 e. The van der Waals surface area contributed by atoms with E-state index in [-0.39, 0.29) is 0 Å². The standard InChI is InChI=1S/C16H28N4O/c1-3-5-13-6-8-14(9-7-13)19-16(17-4-2)18-12-15-10-11-21-20-15/h10-11,13-14H,3-9,12H2,1-2H3,(H2,17,18,19). The van der Waals surface area contributed by atoms with Crippen LogP contribution in [0.1, 0.15) is 58.1 Å². The molecule has 5 heteroatoms. The van der Waals surface area contributed by atoms with Gasteiger partial charge in [-0.25, -0.2) is 4.99 Å². The van der Waals surface area contributed by atoms with E-state index in [1.54, 1.807) is 6.26 Å². The Morgan fingerprint density at radius 1 is 1.33 bits per heavy atom. The third-order valence-electron chi connectivity index (χ3n) is 4.12. The van der Waals surface area contributed by atoms with Crippen molar-refractivity contribution in [1.82, 2.24) is 15.8 Å². The minimum absolute atomic E-state index is 0.549. The number of aliphatic imine (C=N–C) groups is 1. The molecule has 0 unspecified atom stereocenters. The van der Waals surface area contributed by atoms with Gasteiger partial charge < -0.3 is 15.2 Å². The summed E-state index contributed by atoms with van der Waals surface area (Å²) in [5.41, 5.74) is 0.860. The van der Waals surface area contributed by atoms with Gasteiger partial charge in [0.05, 0.1) is 6.54 Å². The summed E-state index contributed by atoms with van der Waals surface area (Å²) in [5, 5.41) is 10.8. The summed E-state index contributed by atoms with van der Waals surface area (Å²) < 4.78 is 4.83. The lowest BCUT2D eigenvalue weighted by atomic mass is 9.83. The van der Waals surface area contributed by atoms with E-state index >= 15 is 0 Å². The number of guanidine groups is 1. The van der Waals surface area contributed by atoms with Gasteiger partial charge in [0.1, 0.15) is 12.0 Å². The molecule has 1 saturated carbocycles. The fourth-order valence-corrected chi connectivity index (χ4v) is 3.00. The summed E-state index contributed by atoms with van der Waals surface area (Å²) in [6.07, 6.45) is 9.46. The second-order valence-electron chi connectivity index (χ2n) is 5.84. The lowest BCUT2D eigenvalue weighted by molar-refractivity contribution is 0.295. The predicted molar refractivity (Wildman–Crippen MR) is 85.1 cm³/mol. The summed E-state index contributed by atoms with van der Waals surface area (Å²) in [4.78, 5) is 4.58. The Kier molecular flexibility index (Phi) is 6.57. The van der Waals surface area contributed by atoms with Crippen LogP contribution in [0.25, 0.3) is 0 Å². The molecule has 0 saturated heterocycles. The van der Waals surface area contributed by atoms with Gasteiger partial charge in [0.15, 0.2) is 5.96 Å². The van der Waals surface area contributed by atoms with E-state index < -0.39 is 0 Å². The number of aromatic nitrogens is 1. The highest BCUT2D eigenvalue weighted by molar-refractivity contribution is 5.80. The zero-order valence-corrected chi connectivity index (χ0v) is 13.3. The molecule has 0 aromatic carbocycles. The molecule has 21 heavy (non-hydrogen) atoms. The van der Waals surface area contributed by atoms with Crippen molar-refractivity contribution < 1.29 is 4.52 Å². The number of nitrogens with one attached hydrogen (secondary N) is 2. The minimum atomic E-state index is 0.549. The Morgan fingerprint density at radius 3 is 2.76 bits per heavy atom. The Labute approximate surface area is 127 Å². The normalized spacial score (nSPS) is 23.0. The van der Waals surface area contributed by atoms with E-state index in [2.05, 4.69) is 34.6 Å². The maximum absolute atomic E-state index is 4.83. The van der Waals surface area contributed by atoms with Crippen LogP contribution in [0, 0.1) is 5.92 Å². The average Bonchev–Trinajstić information content (AvgIpc) is 3.01. The molecule has 0 aliphatic heterocycles. The highest BCUT2D eigenvalue weighted by Crippen LogP contribution is 2.27. The topological polar surface area (TPSA) is 62.5 Å². The number of hydrogen-bond donors (Lipinski definition) is 2. The summed E-state index contributed by atoms with van der Waals surface area (Å²) in [5.74, 6) is 1.82. The van der Waals surface area contributed by atoms with Crippen LogP contribution in [0.3, 0.4) is 0 Å². The molecule has 118 valence electrons. The molecule has 1 heterocycles. The van der Waals surface area contributed by atoms with E-state index in [9.17, 15) is 0 Å². The van der Waals surface area contributed by atoms with Crippen LogP contribution in [-0.4, -0.2) is 23.7 Å². The first-order chi connectivity index (χ1) is 10.3. The first kappa shape index (κ1) is 15.9. The molecule has 0 radical (unpaired) electrons. The van der Waals surface area contributed by atoms with Crippen LogP contribution >= 0.6 is 0 Å². The maximum Gasteiger partial charge on any atom is 0.191 e. The van der Waals surface area contributed by atoms with Crippen molar-refractivity contribution in [1.29, 1.82) is 0 Å². The van der Waals surface area contributed by atoms with Crippen molar-refractivity contribution in [3.8, 4) is 0 Å². The van der Waals surface area contributed by atoms with Gasteiger partial charge in [0.25, 0.3) is 0 Å². The minimum Gasteiger partial charge on any atom is -0.364 e. The molecule has 2 N–H and O–H groups in total. The van der Waals surface area contributed by atoms with E-state index in [1.165, 1.54) is 38.5 Å². The van der Waals surface area contributed by atoms with Crippen molar-refractivity contribution in [2.24, 2.45) is 10.9 Å². The van der Waals surface area contributed by atoms with Gasteiger partial charge in [-0.2, -0.15) is 0 Å². The summed E-state index contributed by atoms with van der Waals surface area (Å²) in [7, 11) is 0. The lowest BCUT2D eigenvalue weighted by Gasteiger charge is -2.30. The maximum atomic E-state index is 4.83. The van der Waals surface area contributed by atoms with Crippen molar-refractivity contribution >= 4 is 5.96 Å². The molecule has 0 bridgehead atoms. The van der Waals surface area contributed by atoms with Gasteiger partial charge in [-0.05, 0) is 38.5 Å².